The molecule has 0 unspecified atom stereocenters. The van der Waals surface area contributed by atoms with Crippen molar-refractivity contribution in [2.24, 2.45) is 0 Å². The van der Waals surface area contributed by atoms with Gasteiger partial charge in [-0.25, -0.2) is 28.7 Å². The number of hydrogen-bond donors (Lipinski definition) is 1. The lowest BCUT2D eigenvalue weighted by atomic mass is 10.0. The summed E-state index contributed by atoms with van der Waals surface area (Å²) in [5.41, 5.74) is 2.38. The van der Waals surface area contributed by atoms with E-state index in [2.05, 4.69) is 48.0 Å². The van der Waals surface area contributed by atoms with Gasteiger partial charge in [0.15, 0.2) is 11.6 Å². The van der Waals surface area contributed by atoms with E-state index >= 15 is 4.39 Å². The van der Waals surface area contributed by atoms with Crippen molar-refractivity contribution in [1.82, 2.24) is 34.3 Å². The maximum absolute atomic E-state index is 15.0. The van der Waals surface area contributed by atoms with E-state index in [4.69, 9.17) is 0 Å². The van der Waals surface area contributed by atoms with E-state index < -0.39 is 11.6 Å². The maximum Gasteiger partial charge on any atom is 0.229 e. The second kappa shape index (κ2) is 10.8. The number of aromatic nitrogens is 5. The highest BCUT2D eigenvalue weighted by Crippen LogP contribution is 2.32. The Morgan fingerprint density at radius 3 is 2.40 bits per heavy atom. The molecular weight excluding hydrogens is 510 g/mol. The first kappa shape index (κ1) is 26.7. The van der Waals surface area contributed by atoms with Crippen LogP contribution in [0.1, 0.15) is 63.5 Å². The number of hydrogen-bond acceptors (Lipinski definition) is 7. The molecule has 6 rings (SSSR count). The van der Waals surface area contributed by atoms with Crippen molar-refractivity contribution in [3.63, 3.8) is 0 Å². The molecule has 0 bridgehead atoms. The second-order valence-electron chi connectivity index (χ2n) is 11.2. The molecule has 10 heteroatoms. The van der Waals surface area contributed by atoms with E-state index in [0.29, 0.717) is 28.8 Å². The molecule has 1 saturated carbocycles. The molecule has 1 aromatic carbocycles. The number of nitrogens with one attached hydrogen (secondary N) is 1. The van der Waals surface area contributed by atoms with Crippen molar-refractivity contribution in [3.05, 3.63) is 59.7 Å². The van der Waals surface area contributed by atoms with Gasteiger partial charge in [-0.05, 0) is 63.8 Å². The Labute approximate surface area is 233 Å². The fourth-order valence-corrected chi connectivity index (χ4v) is 6.04. The summed E-state index contributed by atoms with van der Waals surface area (Å²) >= 11 is 0. The summed E-state index contributed by atoms with van der Waals surface area (Å²) < 4.78 is 31.9. The maximum atomic E-state index is 15.0. The number of fused-ring (bicyclic) bond motifs is 1. The van der Waals surface area contributed by atoms with Crippen LogP contribution in [-0.4, -0.2) is 66.5 Å². The van der Waals surface area contributed by atoms with E-state index in [1.54, 1.807) is 6.07 Å². The Balaban J connectivity index is 1.21. The highest BCUT2D eigenvalue weighted by molar-refractivity contribution is 5.83. The first-order valence-electron chi connectivity index (χ1n) is 14.2. The average molecular weight is 547 g/mol. The van der Waals surface area contributed by atoms with Gasteiger partial charge < -0.3 is 9.88 Å². The molecule has 2 fully saturated rings. The number of piperazine rings is 1. The molecule has 2 aliphatic rings. The summed E-state index contributed by atoms with van der Waals surface area (Å²) in [5, 5.41) is 3.08. The molecule has 1 aliphatic carbocycles. The molecule has 1 atom stereocenters. The van der Waals surface area contributed by atoms with Gasteiger partial charge in [-0.3, -0.25) is 9.80 Å². The Morgan fingerprint density at radius 2 is 1.75 bits per heavy atom. The number of anilines is 2. The van der Waals surface area contributed by atoms with Crippen LogP contribution >= 0.6 is 0 Å². The molecule has 4 aromatic rings. The molecule has 3 aromatic heterocycles. The van der Waals surface area contributed by atoms with Crippen LogP contribution in [0.3, 0.4) is 0 Å². The third-order valence-electron chi connectivity index (χ3n) is 8.11. The smallest absolute Gasteiger partial charge is 0.229 e. The van der Waals surface area contributed by atoms with Gasteiger partial charge in [0.1, 0.15) is 22.9 Å². The molecule has 0 radical (unpaired) electrons. The molecule has 1 aliphatic heterocycles. The number of rotatable bonds is 8. The van der Waals surface area contributed by atoms with Crippen LogP contribution in [0.25, 0.3) is 22.3 Å². The molecule has 4 heterocycles. The number of pyridine rings is 1. The predicted molar refractivity (Wildman–Crippen MR) is 153 cm³/mol. The van der Waals surface area contributed by atoms with Gasteiger partial charge in [-0.2, -0.15) is 0 Å². The van der Waals surface area contributed by atoms with Crippen molar-refractivity contribution >= 4 is 22.8 Å². The van der Waals surface area contributed by atoms with E-state index in [1.807, 2.05) is 37.6 Å². The SMILES string of the molecule is CC[C@H](c1ccc(Nc2ncc(F)c(-c3cc(F)c4nc(C)n(C(C)C)c4c3)n2)nc1)N1CCN(C2CC2)CC1. The van der Waals surface area contributed by atoms with Crippen molar-refractivity contribution in [2.45, 2.75) is 65.1 Å². The Bertz CT molecular complexity index is 1500. The summed E-state index contributed by atoms with van der Waals surface area (Å²) in [7, 11) is 0. The topological polar surface area (TPSA) is 75.0 Å². The van der Waals surface area contributed by atoms with Gasteiger partial charge in [0.2, 0.25) is 5.95 Å². The Morgan fingerprint density at radius 1 is 0.975 bits per heavy atom. The number of nitrogens with zero attached hydrogens (tertiary/aromatic N) is 7. The summed E-state index contributed by atoms with van der Waals surface area (Å²) in [6, 6.07) is 8.20. The Kier molecular flexibility index (Phi) is 7.22. The van der Waals surface area contributed by atoms with Gasteiger partial charge in [-0.15, -0.1) is 0 Å². The fraction of sp³-hybridized carbons (Fsp3) is 0.467. The molecular formula is C30H36F2N8. The average Bonchev–Trinajstić information content (AvgIpc) is 3.73. The van der Waals surface area contributed by atoms with E-state index in [0.717, 1.165) is 44.8 Å². The number of halogens is 2. The highest BCUT2D eigenvalue weighted by Gasteiger charge is 2.33. The lowest BCUT2D eigenvalue weighted by Crippen LogP contribution is -2.48. The first-order valence-corrected chi connectivity index (χ1v) is 14.2. The molecule has 1 saturated heterocycles. The minimum absolute atomic E-state index is 0.0143. The summed E-state index contributed by atoms with van der Waals surface area (Å²) in [6.45, 7) is 12.5. The van der Waals surface area contributed by atoms with Crippen LogP contribution in [0.5, 0.6) is 0 Å². The standard InChI is InChI=1S/C30H36F2N8/c1-5-25(39-12-10-38(11-13-39)22-7-8-22)20-6-9-27(33-16-20)36-30-34-17-24(32)28(37-30)21-14-23(31)29-26(15-21)40(18(2)3)19(4)35-29/h6,9,14-18,22,25H,5,7-8,10-13H2,1-4H3,(H,33,34,36,37)/t25-/m1/s1. The van der Waals surface area contributed by atoms with Crippen molar-refractivity contribution in [2.75, 3.05) is 31.5 Å². The molecule has 1 N–H and O–H groups in total. The van der Waals surface area contributed by atoms with Crippen molar-refractivity contribution < 1.29 is 8.78 Å². The molecule has 210 valence electrons. The van der Waals surface area contributed by atoms with Crippen LogP contribution < -0.4 is 5.32 Å². The van der Waals surface area contributed by atoms with E-state index in [-0.39, 0.29) is 23.2 Å². The van der Waals surface area contributed by atoms with Gasteiger partial charge in [0.05, 0.1) is 11.7 Å². The predicted octanol–water partition coefficient (Wildman–Crippen LogP) is 6.03. The molecule has 40 heavy (non-hydrogen) atoms. The largest absolute Gasteiger partial charge is 0.326 e. The van der Waals surface area contributed by atoms with E-state index in [1.165, 1.54) is 24.5 Å². The lowest BCUT2D eigenvalue weighted by molar-refractivity contribution is 0.0892. The van der Waals surface area contributed by atoms with Crippen LogP contribution in [-0.2, 0) is 0 Å². The Hall–Kier alpha value is -3.50. The zero-order chi connectivity index (χ0) is 28.0. The van der Waals surface area contributed by atoms with Crippen molar-refractivity contribution in [1.29, 1.82) is 0 Å². The van der Waals surface area contributed by atoms with Crippen LogP contribution in [0.15, 0.2) is 36.7 Å². The van der Waals surface area contributed by atoms with Crippen LogP contribution in [0.2, 0.25) is 0 Å². The molecule has 0 amide bonds. The third kappa shape index (κ3) is 5.17. The van der Waals surface area contributed by atoms with E-state index in [9.17, 15) is 4.39 Å². The minimum atomic E-state index is -0.632. The quantitative estimate of drug-likeness (QED) is 0.289. The summed E-state index contributed by atoms with van der Waals surface area (Å²) in [6.07, 6.45) is 6.71. The number of imidazole rings is 1. The fourth-order valence-electron chi connectivity index (χ4n) is 6.04. The zero-order valence-corrected chi connectivity index (χ0v) is 23.5. The highest BCUT2D eigenvalue weighted by atomic mass is 19.1. The van der Waals surface area contributed by atoms with Crippen molar-refractivity contribution in [3.8, 4) is 11.3 Å². The molecule has 8 nitrogen and oxygen atoms in total. The van der Waals surface area contributed by atoms with Crippen LogP contribution in [0, 0.1) is 18.6 Å². The number of aryl methyl sites for hydroxylation is 1. The summed E-state index contributed by atoms with van der Waals surface area (Å²) in [4.78, 5) is 22.7. The minimum Gasteiger partial charge on any atom is -0.326 e. The first-order chi connectivity index (χ1) is 19.3. The molecule has 0 spiro atoms. The lowest BCUT2D eigenvalue weighted by Gasteiger charge is -2.39. The number of benzene rings is 1. The normalized spacial score (nSPS) is 17.6. The van der Waals surface area contributed by atoms with Gasteiger partial charge in [0, 0.05) is 56.1 Å². The summed E-state index contributed by atoms with van der Waals surface area (Å²) in [5.74, 6) is 0.303. The third-order valence-corrected chi connectivity index (χ3v) is 8.11. The van der Waals surface area contributed by atoms with Gasteiger partial charge in [-0.1, -0.05) is 13.0 Å². The monoisotopic (exact) mass is 546 g/mol. The zero-order valence-electron chi connectivity index (χ0n) is 23.5. The van der Waals surface area contributed by atoms with Gasteiger partial charge in [0.25, 0.3) is 0 Å². The second-order valence-corrected chi connectivity index (χ2v) is 11.2. The van der Waals surface area contributed by atoms with Crippen LogP contribution in [0.4, 0.5) is 20.5 Å². The van der Waals surface area contributed by atoms with Gasteiger partial charge >= 0.3 is 0 Å².